The fraction of sp³-hybridized carbons (Fsp3) is 0.727. The lowest BCUT2D eigenvalue weighted by atomic mass is 10.1. The second kappa shape index (κ2) is 8.69. The largest absolute Gasteiger partial charge is 0.490 e. The molecule has 1 fully saturated rings. The molecule has 8 N–H and O–H groups in total. The molecule has 0 aromatic rings. The number of rotatable bonds is 8. The van der Waals surface area contributed by atoms with E-state index in [0.29, 0.717) is 5.71 Å². The van der Waals surface area contributed by atoms with E-state index in [9.17, 15) is 28.8 Å². The molecule has 0 aliphatic carbocycles. The molecule has 1 saturated heterocycles. The van der Waals surface area contributed by atoms with Crippen molar-refractivity contribution in [2.24, 2.45) is 20.7 Å². The number of nitrogens with two attached hydrogens (primary N) is 1. The smallest absolute Gasteiger partial charge is 0.387 e. The highest BCUT2D eigenvalue weighted by molar-refractivity contribution is 7.66. The van der Waals surface area contributed by atoms with Crippen LogP contribution in [-0.4, -0.2) is 96.1 Å². The Hall–Kier alpha value is -0.940. The van der Waals surface area contributed by atoms with Crippen molar-refractivity contribution in [3.05, 3.63) is 0 Å². The number of hydrogen-bond acceptors (Lipinski definition) is 14. The van der Waals surface area contributed by atoms with Gasteiger partial charge in [-0.3, -0.25) is 9.52 Å². The van der Waals surface area contributed by atoms with Gasteiger partial charge in [0, 0.05) is 0 Å². The minimum absolute atomic E-state index is 0.0542. The van der Waals surface area contributed by atoms with Crippen LogP contribution in [0.5, 0.6) is 0 Å². The van der Waals surface area contributed by atoms with Crippen LogP contribution in [-0.2, 0) is 31.6 Å². The molecular weight excluding hydrogens is 503 g/mol. The lowest BCUT2D eigenvalue weighted by Crippen LogP contribution is -2.54. The first-order chi connectivity index (χ1) is 14.5. The van der Waals surface area contributed by atoms with Gasteiger partial charge >= 0.3 is 23.5 Å². The molecule has 0 bridgehead atoms. The second-order valence-corrected chi connectivity index (χ2v) is 11.3. The van der Waals surface area contributed by atoms with Crippen molar-refractivity contribution < 1.29 is 61.4 Å². The van der Waals surface area contributed by atoms with Gasteiger partial charge in [-0.05, 0) is 6.92 Å². The number of fused-ring (bicyclic) bond motifs is 1. The molecule has 3 rings (SSSR count). The molecule has 7 atom stereocenters. The van der Waals surface area contributed by atoms with Crippen molar-refractivity contribution in [2.45, 2.75) is 37.1 Å². The average Bonchev–Trinajstić information content (AvgIpc) is 3.13. The van der Waals surface area contributed by atoms with Crippen LogP contribution >= 0.6 is 23.5 Å². The zero-order chi connectivity index (χ0) is 24.1. The van der Waals surface area contributed by atoms with E-state index in [0.717, 1.165) is 0 Å². The number of hydrogen-bond donors (Lipinski definition) is 7. The SMILES string of the molecule is CC1(N)N=CN=C2C1=NCN2[C@@H]1O[C@H](COP(=O)(O)OP(=O)(O)OP(=O)(O)O)[C@@H](O)[C@H]1O. The molecule has 32 heavy (non-hydrogen) atoms. The van der Waals surface area contributed by atoms with Gasteiger partial charge in [0.05, 0.1) is 6.61 Å². The summed E-state index contributed by atoms with van der Waals surface area (Å²) < 4.78 is 50.9. The highest BCUT2D eigenvalue weighted by Gasteiger charge is 2.51. The minimum atomic E-state index is -5.70. The van der Waals surface area contributed by atoms with Gasteiger partial charge in [0.25, 0.3) is 0 Å². The monoisotopic (exact) mass is 523 g/mol. The van der Waals surface area contributed by atoms with Gasteiger partial charge in [0.2, 0.25) is 0 Å². The summed E-state index contributed by atoms with van der Waals surface area (Å²) in [7, 11) is -16.7. The normalized spacial score (nSPS) is 36.3. The van der Waals surface area contributed by atoms with E-state index in [4.69, 9.17) is 25.2 Å². The van der Waals surface area contributed by atoms with Crippen LogP contribution in [0, 0.1) is 0 Å². The van der Waals surface area contributed by atoms with Gasteiger partial charge in [0.15, 0.2) is 17.7 Å². The summed E-state index contributed by atoms with van der Waals surface area (Å²) in [6.45, 7) is 0.580. The molecule has 18 nitrogen and oxygen atoms in total. The van der Waals surface area contributed by atoms with Crippen molar-refractivity contribution in [1.29, 1.82) is 0 Å². The summed E-state index contributed by atoms with van der Waals surface area (Å²) in [5, 5.41) is 20.6. The molecule has 0 saturated carbocycles. The van der Waals surface area contributed by atoms with E-state index >= 15 is 0 Å². The molecule has 182 valence electrons. The minimum Gasteiger partial charge on any atom is -0.387 e. The van der Waals surface area contributed by atoms with Gasteiger partial charge in [0.1, 0.15) is 37.0 Å². The van der Waals surface area contributed by atoms with Gasteiger partial charge < -0.3 is 45.2 Å². The van der Waals surface area contributed by atoms with Crippen LogP contribution in [0.2, 0.25) is 0 Å². The van der Waals surface area contributed by atoms with Crippen LogP contribution in [0.15, 0.2) is 15.0 Å². The number of amidine groups is 1. The molecule has 21 heteroatoms. The summed E-state index contributed by atoms with van der Waals surface area (Å²) in [6.07, 6.45) is -4.70. The predicted octanol–water partition coefficient (Wildman–Crippen LogP) is -2.39. The first-order valence-corrected chi connectivity index (χ1v) is 13.1. The number of aliphatic hydroxyl groups excluding tert-OH is 2. The van der Waals surface area contributed by atoms with Gasteiger partial charge in [-0.1, -0.05) is 0 Å². The third kappa shape index (κ3) is 5.75. The Bertz CT molecular complexity index is 994. The molecule has 0 radical (unpaired) electrons. The Labute approximate surface area is 179 Å². The summed E-state index contributed by atoms with van der Waals surface area (Å²) in [4.78, 5) is 49.3. The van der Waals surface area contributed by atoms with Crippen molar-refractivity contribution in [3.8, 4) is 0 Å². The third-order valence-corrected chi connectivity index (χ3v) is 8.12. The van der Waals surface area contributed by atoms with Gasteiger partial charge in [-0.15, -0.1) is 0 Å². The number of aliphatic hydroxyl groups is 2. The highest BCUT2D eigenvalue weighted by atomic mass is 31.3. The van der Waals surface area contributed by atoms with Crippen molar-refractivity contribution in [1.82, 2.24) is 4.90 Å². The summed E-state index contributed by atoms with van der Waals surface area (Å²) in [5.74, 6) is 0.231. The quantitative estimate of drug-likeness (QED) is 0.163. The molecule has 0 amide bonds. The van der Waals surface area contributed by atoms with Crippen LogP contribution in [0.1, 0.15) is 6.92 Å². The van der Waals surface area contributed by atoms with E-state index in [1.54, 1.807) is 6.92 Å². The Morgan fingerprint density at radius 3 is 2.47 bits per heavy atom. The Morgan fingerprint density at radius 2 is 1.84 bits per heavy atom. The Morgan fingerprint density at radius 1 is 1.19 bits per heavy atom. The molecule has 3 aliphatic heterocycles. The zero-order valence-electron chi connectivity index (χ0n) is 16.0. The number of nitrogens with zero attached hydrogens (tertiary/aromatic N) is 4. The standard InChI is InChI=1S/C11H20N5O13P3/c1-11(12)8-9(13-3-15-11)16(4-14-8)10-7(18)6(17)5(27-10)2-26-31(22,23)29-32(24,25)28-30(19,20)21/h3,5-7,10,17-18H,2,4,12H2,1H3,(H,22,23)(H,24,25)(H2,19,20,21)/t5-,6-,7-,10-,11?/m1/s1. The van der Waals surface area contributed by atoms with E-state index in [-0.39, 0.29) is 12.5 Å². The topological polar surface area (TPSA) is 276 Å². The molecule has 3 unspecified atom stereocenters. The summed E-state index contributed by atoms with van der Waals surface area (Å²) in [5.41, 5.74) is 5.14. The van der Waals surface area contributed by atoms with Crippen molar-refractivity contribution >= 4 is 41.4 Å². The van der Waals surface area contributed by atoms with E-state index in [2.05, 4.69) is 28.1 Å². The maximum atomic E-state index is 11.8. The molecule has 0 spiro atoms. The molecule has 0 aromatic carbocycles. The van der Waals surface area contributed by atoms with Crippen molar-refractivity contribution in [2.75, 3.05) is 13.3 Å². The predicted molar refractivity (Wildman–Crippen MR) is 103 cm³/mol. The first kappa shape index (κ1) is 25.7. The Kier molecular flexibility index (Phi) is 6.97. The highest BCUT2D eigenvalue weighted by Crippen LogP contribution is 2.66. The molecular formula is C11H20N5O13P3. The molecule has 3 heterocycles. The van der Waals surface area contributed by atoms with E-state index in [1.807, 2.05) is 0 Å². The molecule has 3 aliphatic rings. The maximum Gasteiger partial charge on any atom is 0.490 e. The number of phosphoric acid groups is 3. The van der Waals surface area contributed by atoms with Gasteiger partial charge in [-0.2, -0.15) is 8.62 Å². The van der Waals surface area contributed by atoms with Crippen LogP contribution in [0.4, 0.5) is 0 Å². The lowest BCUT2D eigenvalue weighted by Gasteiger charge is -2.30. The number of ether oxygens (including phenoxy) is 1. The van der Waals surface area contributed by atoms with Crippen LogP contribution in [0.25, 0.3) is 0 Å². The lowest BCUT2D eigenvalue weighted by molar-refractivity contribution is -0.0680. The van der Waals surface area contributed by atoms with Crippen molar-refractivity contribution in [3.63, 3.8) is 0 Å². The second-order valence-electron chi connectivity index (χ2n) is 6.90. The van der Waals surface area contributed by atoms with E-state index in [1.165, 1.54) is 11.2 Å². The maximum absolute atomic E-state index is 11.8. The average molecular weight is 523 g/mol. The number of phosphoric ester groups is 1. The van der Waals surface area contributed by atoms with Crippen LogP contribution < -0.4 is 5.73 Å². The zero-order valence-corrected chi connectivity index (χ0v) is 18.7. The Balaban J connectivity index is 1.63. The third-order valence-electron chi connectivity index (χ3n) is 4.31. The first-order valence-electron chi connectivity index (χ1n) is 8.54. The number of aliphatic imine (C=N–C) groups is 3. The van der Waals surface area contributed by atoms with Gasteiger partial charge in [-0.25, -0.2) is 23.7 Å². The summed E-state index contributed by atoms with van der Waals surface area (Å²) in [6, 6.07) is 0. The fourth-order valence-corrected chi connectivity index (χ4v) is 6.03. The summed E-state index contributed by atoms with van der Waals surface area (Å²) >= 11 is 0. The van der Waals surface area contributed by atoms with Crippen LogP contribution in [0.3, 0.4) is 0 Å². The van der Waals surface area contributed by atoms with E-state index < -0.39 is 60.3 Å². The molecule has 0 aromatic heterocycles. The fourth-order valence-electron chi connectivity index (χ4n) is 3.00.